The number of hydrogen-bond acceptors (Lipinski definition) is 6. The number of nitrogens with zero attached hydrogens (tertiary/aromatic N) is 1. The molecule has 4 rings (SSSR count). The van der Waals surface area contributed by atoms with E-state index in [1.807, 2.05) is 17.0 Å². The Morgan fingerprint density at radius 1 is 1.26 bits per heavy atom. The molecule has 3 aliphatic heterocycles. The summed E-state index contributed by atoms with van der Waals surface area (Å²) < 4.78 is 24.0. The van der Waals surface area contributed by atoms with E-state index in [1.54, 1.807) is 34.8 Å². The number of hydrogen-bond donors (Lipinski definition) is 1. The molecule has 34 heavy (non-hydrogen) atoms. The van der Waals surface area contributed by atoms with Crippen LogP contribution in [0.25, 0.3) is 0 Å². The van der Waals surface area contributed by atoms with Crippen molar-refractivity contribution in [2.24, 2.45) is 11.8 Å². The van der Waals surface area contributed by atoms with Crippen molar-refractivity contribution >= 4 is 12.0 Å². The van der Waals surface area contributed by atoms with Gasteiger partial charge >= 0.3 is 6.09 Å². The number of nitrogens with one attached hydrogen (secondary N) is 1. The van der Waals surface area contributed by atoms with Crippen LogP contribution < -0.4 is 14.8 Å². The number of fused-ring (bicyclic) bond motifs is 4. The van der Waals surface area contributed by atoms with E-state index in [0.717, 1.165) is 29.9 Å². The highest BCUT2D eigenvalue weighted by Gasteiger charge is 2.52. The van der Waals surface area contributed by atoms with Crippen molar-refractivity contribution in [1.29, 1.82) is 0 Å². The lowest BCUT2D eigenvalue weighted by Gasteiger charge is -2.53. The summed E-state index contributed by atoms with van der Waals surface area (Å²) in [6.07, 6.45) is 1.09. The Kier molecular flexibility index (Phi) is 6.48. The van der Waals surface area contributed by atoms with Gasteiger partial charge in [0.2, 0.25) is 5.91 Å². The van der Waals surface area contributed by atoms with Crippen molar-refractivity contribution in [2.75, 3.05) is 20.2 Å². The summed E-state index contributed by atoms with van der Waals surface area (Å²) in [5, 5.41) is 2.67. The molecule has 2 fully saturated rings. The molecule has 1 aromatic carbocycles. The van der Waals surface area contributed by atoms with E-state index in [1.165, 1.54) is 0 Å². The molecule has 1 N–H and O–H groups in total. The zero-order valence-corrected chi connectivity index (χ0v) is 21.3. The van der Waals surface area contributed by atoms with Crippen LogP contribution in [0.15, 0.2) is 18.2 Å². The van der Waals surface area contributed by atoms with E-state index in [4.69, 9.17) is 18.9 Å². The number of ether oxygens (including phenoxy) is 4. The fourth-order valence-electron chi connectivity index (χ4n) is 5.47. The lowest BCUT2D eigenvalue weighted by atomic mass is 9.70. The van der Waals surface area contributed by atoms with Gasteiger partial charge in [0.25, 0.3) is 0 Å². The molecule has 188 valence electrons. The summed E-state index contributed by atoms with van der Waals surface area (Å²) in [5.41, 5.74) is -0.0100. The van der Waals surface area contributed by atoms with Crippen LogP contribution in [-0.4, -0.2) is 60.4 Å². The van der Waals surface area contributed by atoms with Crippen molar-refractivity contribution in [3.8, 4) is 11.5 Å². The molecular weight excluding hydrogens is 436 g/mol. The van der Waals surface area contributed by atoms with E-state index in [0.29, 0.717) is 13.1 Å². The van der Waals surface area contributed by atoms with Gasteiger partial charge in [0.1, 0.15) is 17.2 Å². The zero-order chi connectivity index (χ0) is 24.8. The predicted octanol–water partition coefficient (Wildman–Crippen LogP) is 4.07. The van der Waals surface area contributed by atoms with E-state index in [9.17, 15) is 9.59 Å². The second-order valence-corrected chi connectivity index (χ2v) is 11.2. The number of carbonyl (C=O) groups excluding carboxylic acids is 2. The molecular formula is C26H38N2O6. The molecule has 8 nitrogen and oxygen atoms in total. The summed E-state index contributed by atoms with van der Waals surface area (Å²) in [6, 6.07) is 5.30. The lowest BCUT2D eigenvalue weighted by Crippen LogP contribution is -2.58. The minimum Gasteiger partial charge on any atom is -0.493 e. The fraction of sp³-hybridized carbons (Fsp3) is 0.692. The molecule has 1 aromatic rings. The summed E-state index contributed by atoms with van der Waals surface area (Å²) >= 11 is 0. The number of methoxy groups -OCH3 is 1. The minimum absolute atomic E-state index is 0.0647. The quantitative estimate of drug-likeness (QED) is 0.711. The van der Waals surface area contributed by atoms with Crippen molar-refractivity contribution in [3.63, 3.8) is 0 Å². The first-order chi connectivity index (χ1) is 15.9. The van der Waals surface area contributed by atoms with Gasteiger partial charge in [-0.05, 0) is 60.5 Å². The molecule has 0 spiro atoms. The van der Waals surface area contributed by atoms with E-state index >= 15 is 0 Å². The number of amides is 2. The molecule has 3 heterocycles. The van der Waals surface area contributed by atoms with Crippen molar-refractivity contribution in [2.45, 2.75) is 83.8 Å². The molecule has 0 saturated carbocycles. The van der Waals surface area contributed by atoms with Crippen molar-refractivity contribution in [3.05, 3.63) is 23.8 Å². The van der Waals surface area contributed by atoms with Gasteiger partial charge in [-0.2, -0.15) is 0 Å². The Bertz CT molecular complexity index is 940. The predicted molar refractivity (Wildman–Crippen MR) is 127 cm³/mol. The summed E-state index contributed by atoms with van der Waals surface area (Å²) in [4.78, 5) is 27.1. The monoisotopic (exact) mass is 474 g/mol. The Morgan fingerprint density at radius 2 is 2.00 bits per heavy atom. The van der Waals surface area contributed by atoms with E-state index in [-0.39, 0.29) is 30.0 Å². The van der Waals surface area contributed by atoms with E-state index in [2.05, 4.69) is 25.2 Å². The smallest absolute Gasteiger partial charge is 0.408 e. The Labute approximate surface area is 202 Å². The Hall–Kier alpha value is -2.48. The lowest BCUT2D eigenvalue weighted by molar-refractivity contribution is -0.189. The highest BCUT2D eigenvalue weighted by atomic mass is 16.6. The largest absolute Gasteiger partial charge is 0.493 e. The molecule has 0 unspecified atom stereocenters. The molecule has 2 saturated heterocycles. The Balaban J connectivity index is 1.45. The summed E-state index contributed by atoms with van der Waals surface area (Å²) in [7, 11) is 1.65. The topological polar surface area (TPSA) is 86.3 Å². The van der Waals surface area contributed by atoms with Gasteiger partial charge in [0.15, 0.2) is 11.5 Å². The molecule has 0 radical (unpaired) electrons. The summed E-state index contributed by atoms with van der Waals surface area (Å²) in [6.45, 7) is 12.5. The van der Waals surface area contributed by atoms with Crippen molar-refractivity contribution in [1.82, 2.24) is 10.2 Å². The van der Waals surface area contributed by atoms with Gasteiger partial charge in [-0.3, -0.25) is 4.79 Å². The molecule has 2 amide bonds. The minimum atomic E-state index is -0.655. The van der Waals surface area contributed by atoms with E-state index < -0.39 is 23.3 Å². The van der Waals surface area contributed by atoms with Gasteiger partial charge in [0, 0.05) is 30.5 Å². The highest BCUT2D eigenvalue weighted by molar-refractivity contribution is 5.85. The van der Waals surface area contributed by atoms with Crippen LogP contribution in [0.3, 0.4) is 0 Å². The molecule has 3 aliphatic rings. The van der Waals surface area contributed by atoms with Crippen LogP contribution in [-0.2, 0) is 14.3 Å². The van der Waals surface area contributed by atoms with Crippen molar-refractivity contribution < 1.29 is 28.5 Å². The molecule has 5 atom stereocenters. The molecule has 8 heteroatoms. The molecule has 0 aliphatic carbocycles. The fourth-order valence-corrected chi connectivity index (χ4v) is 5.47. The first-order valence-corrected chi connectivity index (χ1v) is 12.2. The first-order valence-electron chi connectivity index (χ1n) is 12.2. The second kappa shape index (κ2) is 8.95. The van der Waals surface area contributed by atoms with Crippen LogP contribution in [0.2, 0.25) is 0 Å². The number of para-hydroxylation sites is 1. The third-order valence-corrected chi connectivity index (χ3v) is 7.12. The average Bonchev–Trinajstić information content (AvgIpc) is 2.75. The third-order valence-electron chi connectivity index (χ3n) is 7.12. The van der Waals surface area contributed by atoms with Gasteiger partial charge < -0.3 is 29.2 Å². The van der Waals surface area contributed by atoms with Gasteiger partial charge in [-0.25, -0.2) is 4.79 Å². The maximum atomic E-state index is 13.1. The average molecular weight is 475 g/mol. The van der Waals surface area contributed by atoms with Gasteiger partial charge in [-0.1, -0.05) is 12.1 Å². The molecule has 0 bridgehead atoms. The summed E-state index contributed by atoms with van der Waals surface area (Å²) in [5.74, 6) is 1.76. The van der Waals surface area contributed by atoms with Gasteiger partial charge in [0.05, 0.1) is 19.3 Å². The number of alkyl carbamates (subject to hydrolysis) is 1. The van der Waals surface area contributed by atoms with Crippen LogP contribution in [0.4, 0.5) is 4.79 Å². The number of piperidine rings is 1. The molecule has 0 aromatic heterocycles. The van der Waals surface area contributed by atoms with Crippen LogP contribution in [0, 0.1) is 11.8 Å². The Morgan fingerprint density at radius 3 is 2.68 bits per heavy atom. The highest BCUT2D eigenvalue weighted by Crippen LogP contribution is 2.55. The SMILES string of the molecule is COc1cccc2c1OC(C)(C)[C@H]1C[C@@H]3CN(C(=O)[C@@H](C)NC(=O)OC(C)(C)C)CC[C@@H]3O[C@H]21. The number of carbonyl (C=O) groups is 2. The first kappa shape index (κ1) is 24.6. The maximum absolute atomic E-state index is 13.1. The van der Waals surface area contributed by atoms with Crippen LogP contribution in [0.1, 0.15) is 66.1 Å². The third kappa shape index (κ3) is 4.83. The van der Waals surface area contributed by atoms with Gasteiger partial charge in [-0.15, -0.1) is 0 Å². The normalized spacial score (nSPS) is 28.4. The van der Waals surface area contributed by atoms with Crippen LogP contribution >= 0.6 is 0 Å². The zero-order valence-electron chi connectivity index (χ0n) is 21.3. The number of benzene rings is 1. The maximum Gasteiger partial charge on any atom is 0.408 e. The second-order valence-electron chi connectivity index (χ2n) is 11.2. The standard InChI is InChI=1S/C26H38N2O6/c1-15(27-24(30)34-25(2,3)4)23(29)28-12-11-19-16(14-28)13-18-21(32-19)17-9-8-10-20(31-7)22(17)33-26(18,5)6/h8-10,15-16,18-19,21H,11-14H2,1-7H3,(H,27,30)/t15-,16-,18+,19+,21-/m1/s1. The van der Waals surface area contributed by atoms with Crippen LogP contribution in [0.5, 0.6) is 11.5 Å². The number of likely N-dealkylation sites (tertiary alicyclic amines) is 1. The number of rotatable bonds is 3.